The Labute approximate surface area is 211 Å². The molecule has 0 saturated carbocycles. The molecule has 35 heavy (non-hydrogen) atoms. The van der Waals surface area contributed by atoms with Crippen LogP contribution in [0, 0.1) is 5.92 Å². The van der Waals surface area contributed by atoms with Crippen LogP contribution in [0.2, 0.25) is 5.02 Å². The van der Waals surface area contributed by atoms with E-state index >= 15 is 0 Å². The van der Waals surface area contributed by atoms with E-state index in [0.29, 0.717) is 23.0 Å². The maximum atomic E-state index is 13.0. The molecule has 4 N–H and O–H groups in total. The molecule has 0 radical (unpaired) electrons. The van der Waals surface area contributed by atoms with Gasteiger partial charge in [0.1, 0.15) is 6.10 Å². The van der Waals surface area contributed by atoms with Gasteiger partial charge in [0.15, 0.2) is 0 Å². The lowest BCUT2D eigenvalue weighted by molar-refractivity contribution is 0.0478. The molecule has 0 aromatic heterocycles. The second-order valence-corrected chi connectivity index (χ2v) is 9.11. The molecule has 1 heterocycles. The van der Waals surface area contributed by atoms with E-state index in [1.54, 1.807) is 24.3 Å². The Morgan fingerprint density at radius 1 is 1.17 bits per heavy atom. The molecule has 0 aliphatic carbocycles. The molecule has 3 rings (SSSR count). The summed E-state index contributed by atoms with van der Waals surface area (Å²) < 4.78 is 11.6. The van der Waals surface area contributed by atoms with Crippen molar-refractivity contribution < 1.29 is 24.2 Å². The average Bonchev–Trinajstić information content (AvgIpc) is 2.87. The number of hydrogen-bond acceptors (Lipinski definition) is 5. The number of amides is 2. The van der Waals surface area contributed by atoms with E-state index in [0.717, 1.165) is 43.6 Å². The van der Waals surface area contributed by atoms with Gasteiger partial charge in [-0.25, -0.2) is 4.79 Å². The lowest BCUT2D eigenvalue weighted by Crippen LogP contribution is -2.41. The molecule has 2 amide bonds. The third-order valence-corrected chi connectivity index (χ3v) is 6.29. The molecule has 0 bridgehead atoms. The molecule has 2 aromatic rings. The van der Waals surface area contributed by atoms with Gasteiger partial charge in [0, 0.05) is 42.9 Å². The highest BCUT2D eigenvalue weighted by molar-refractivity contribution is 6.30. The van der Waals surface area contributed by atoms with Gasteiger partial charge in [-0.05, 0) is 67.6 Å². The first-order chi connectivity index (χ1) is 17.0. The molecule has 1 aliphatic rings. The number of rotatable bonds is 12. The van der Waals surface area contributed by atoms with Crippen molar-refractivity contribution in [1.29, 1.82) is 0 Å². The lowest BCUT2D eigenvalue weighted by Gasteiger charge is -2.26. The van der Waals surface area contributed by atoms with Crippen molar-refractivity contribution in [3.05, 3.63) is 70.2 Å². The number of hydrogen-bond donors (Lipinski definition) is 4. The van der Waals surface area contributed by atoms with Crippen LogP contribution < -0.4 is 16.0 Å². The summed E-state index contributed by atoms with van der Waals surface area (Å²) in [6, 6.07) is 14.7. The summed E-state index contributed by atoms with van der Waals surface area (Å²) in [7, 11) is 1.91. The second kappa shape index (κ2) is 14.0. The number of nitrogens with one attached hydrogen (secondary N) is 3. The van der Waals surface area contributed by atoms with Gasteiger partial charge in [0.25, 0.3) is 5.91 Å². The molecule has 190 valence electrons. The normalized spacial score (nSPS) is 17.4. The third-order valence-electron chi connectivity index (χ3n) is 6.06. The number of carbonyl (C=O) groups excluding carboxylic acids is 1. The molecule has 0 unspecified atom stereocenters. The van der Waals surface area contributed by atoms with Crippen LogP contribution >= 0.6 is 11.6 Å². The number of ether oxygens (including phenoxy) is 2. The van der Waals surface area contributed by atoms with Crippen LogP contribution in [0.25, 0.3) is 0 Å². The Morgan fingerprint density at radius 2 is 1.94 bits per heavy atom. The van der Waals surface area contributed by atoms with Crippen molar-refractivity contribution in [3.8, 4) is 0 Å². The van der Waals surface area contributed by atoms with Crippen molar-refractivity contribution in [3.63, 3.8) is 0 Å². The van der Waals surface area contributed by atoms with Crippen molar-refractivity contribution in [1.82, 2.24) is 16.0 Å². The maximum Gasteiger partial charge on any atom is 0.404 e. The average molecular weight is 504 g/mol. The summed E-state index contributed by atoms with van der Waals surface area (Å²) in [6.45, 7) is 2.44. The minimum atomic E-state index is -1.11. The summed E-state index contributed by atoms with van der Waals surface area (Å²) in [5.74, 6) is 0.344. The molecular formula is C26H34ClN3O5. The SMILES string of the molecule is CN[C@H](CNC(=O)c1cccc([C@@H](OCCNC(=O)O)c2cccc(Cl)c2)c1)C[C@H]1CCCOC1. The molecular weight excluding hydrogens is 470 g/mol. The van der Waals surface area contributed by atoms with Crippen LogP contribution in [0.4, 0.5) is 4.79 Å². The number of likely N-dealkylation sites (N-methyl/N-ethyl adjacent to an activating group) is 1. The predicted octanol–water partition coefficient (Wildman–Crippen LogP) is 3.85. The Bertz CT molecular complexity index is 968. The molecule has 3 atom stereocenters. The van der Waals surface area contributed by atoms with Crippen molar-refractivity contribution in [2.24, 2.45) is 5.92 Å². The fourth-order valence-electron chi connectivity index (χ4n) is 4.25. The van der Waals surface area contributed by atoms with Crippen molar-refractivity contribution in [2.75, 3.05) is 40.0 Å². The Morgan fingerprint density at radius 3 is 2.63 bits per heavy atom. The van der Waals surface area contributed by atoms with E-state index in [4.69, 9.17) is 26.2 Å². The number of carboxylic acid groups (broad SMARTS) is 1. The van der Waals surface area contributed by atoms with E-state index in [2.05, 4.69) is 16.0 Å². The molecule has 1 aliphatic heterocycles. The minimum absolute atomic E-state index is 0.143. The van der Waals surface area contributed by atoms with Gasteiger partial charge >= 0.3 is 6.09 Å². The fraction of sp³-hybridized carbons (Fsp3) is 0.462. The fourth-order valence-corrected chi connectivity index (χ4v) is 4.45. The van der Waals surface area contributed by atoms with Crippen LogP contribution in [0.3, 0.4) is 0 Å². The first-order valence-electron chi connectivity index (χ1n) is 11.9. The Hall–Kier alpha value is -2.65. The van der Waals surface area contributed by atoms with Gasteiger partial charge in [0.2, 0.25) is 0 Å². The van der Waals surface area contributed by atoms with Gasteiger partial charge in [-0.3, -0.25) is 4.79 Å². The van der Waals surface area contributed by atoms with Gasteiger partial charge < -0.3 is 30.5 Å². The number of halogens is 1. The molecule has 9 heteroatoms. The van der Waals surface area contributed by atoms with Gasteiger partial charge in [-0.1, -0.05) is 35.9 Å². The Balaban J connectivity index is 1.67. The summed E-state index contributed by atoms with van der Waals surface area (Å²) in [5.41, 5.74) is 2.12. The molecule has 2 aromatic carbocycles. The van der Waals surface area contributed by atoms with Crippen LogP contribution in [0.15, 0.2) is 48.5 Å². The van der Waals surface area contributed by atoms with E-state index in [1.807, 2.05) is 31.3 Å². The second-order valence-electron chi connectivity index (χ2n) is 8.68. The number of benzene rings is 2. The standard InChI is InChI=1S/C26H34ClN3O5/c1-28-23(13-18-5-4-11-34-17-18)16-30-25(31)21-8-2-6-19(14-21)24(35-12-10-29-26(32)33)20-7-3-9-22(27)15-20/h2-3,6-9,14-15,18,23-24,28-29H,4-5,10-13,16-17H2,1H3,(H,30,31)(H,32,33)/t18-,23+,24-/m1/s1. The van der Waals surface area contributed by atoms with E-state index < -0.39 is 12.2 Å². The van der Waals surface area contributed by atoms with Crippen molar-refractivity contribution >= 4 is 23.6 Å². The van der Waals surface area contributed by atoms with E-state index in [-0.39, 0.29) is 25.1 Å². The topological polar surface area (TPSA) is 109 Å². The highest BCUT2D eigenvalue weighted by Gasteiger charge is 2.20. The van der Waals surface area contributed by atoms with E-state index in [9.17, 15) is 9.59 Å². The Kier molecular flexibility index (Phi) is 10.8. The highest BCUT2D eigenvalue weighted by Crippen LogP contribution is 2.28. The van der Waals surface area contributed by atoms with E-state index in [1.165, 1.54) is 0 Å². The smallest absolute Gasteiger partial charge is 0.404 e. The zero-order valence-electron chi connectivity index (χ0n) is 20.0. The van der Waals surface area contributed by atoms with Crippen molar-refractivity contribution in [2.45, 2.75) is 31.4 Å². The molecule has 0 spiro atoms. The van der Waals surface area contributed by atoms with Crippen LogP contribution in [0.5, 0.6) is 0 Å². The van der Waals surface area contributed by atoms with Crippen LogP contribution in [-0.4, -0.2) is 63.1 Å². The minimum Gasteiger partial charge on any atom is -0.465 e. The molecule has 8 nitrogen and oxygen atoms in total. The molecule has 1 fully saturated rings. The maximum absolute atomic E-state index is 13.0. The summed E-state index contributed by atoms with van der Waals surface area (Å²) >= 11 is 6.19. The quantitative estimate of drug-likeness (QED) is 0.328. The highest BCUT2D eigenvalue weighted by atomic mass is 35.5. The number of carbonyl (C=O) groups is 2. The predicted molar refractivity (Wildman–Crippen MR) is 135 cm³/mol. The third kappa shape index (κ3) is 8.81. The van der Waals surface area contributed by atoms with Gasteiger partial charge in [-0.2, -0.15) is 0 Å². The monoisotopic (exact) mass is 503 g/mol. The van der Waals surface area contributed by atoms with Crippen LogP contribution in [-0.2, 0) is 9.47 Å². The first-order valence-corrected chi connectivity index (χ1v) is 12.3. The zero-order chi connectivity index (χ0) is 25.0. The first kappa shape index (κ1) is 26.9. The summed E-state index contributed by atoms with van der Waals surface area (Å²) in [4.78, 5) is 23.7. The summed E-state index contributed by atoms with van der Waals surface area (Å²) in [6.07, 6.45) is 1.57. The van der Waals surface area contributed by atoms with Gasteiger partial charge in [0.05, 0.1) is 6.61 Å². The summed E-state index contributed by atoms with van der Waals surface area (Å²) in [5, 5.41) is 18.0. The zero-order valence-corrected chi connectivity index (χ0v) is 20.7. The lowest BCUT2D eigenvalue weighted by atomic mass is 9.94. The molecule has 1 saturated heterocycles. The van der Waals surface area contributed by atoms with Gasteiger partial charge in [-0.15, -0.1) is 0 Å². The largest absolute Gasteiger partial charge is 0.465 e. The van der Waals surface area contributed by atoms with Crippen LogP contribution in [0.1, 0.15) is 46.9 Å².